The fourth-order valence-corrected chi connectivity index (χ4v) is 2.10. The third kappa shape index (κ3) is 1.96. The van der Waals surface area contributed by atoms with Gasteiger partial charge >= 0.3 is 5.23 Å². The van der Waals surface area contributed by atoms with Crippen molar-refractivity contribution in [3.63, 3.8) is 0 Å². The van der Waals surface area contributed by atoms with Crippen molar-refractivity contribution in [1.82, 2.24) is 0 Å². The van der Waals surface area contributed by atoms with Crippen LogP contribution in [0.4, 0.5) is 0 Å². The number of nitrogens with two attached hydrogens (primary N) is 1. The highest BCUT2D eigenvalue weighted by molar-refractivity contribution is 9.10. The number of aliphatic imine (C=N–C) groups is 1. The van der Waals surface area contributed by atoms with E-state index in [1.807, 2.05) is 0 Å². The monoisotopic (exact) mass is 302 g/mol. The van der Waals surface area contributed by atoms with Crippen molar-refractivity contribution in [2.75, 3.05) is 0 Å². The Balaban J connectivity index is 2.23. The lowest BCUT2D eigenvalue weighted by atomic mass is 10.3. The summed E-state index contributed by atoms with van der Waals surface area (Å²) < 4.78 is 29.0. The van der Waals surface area contributed by atoms with Gasteiger partial charge < -0.3 is 10.5 Å². The second-order valence-electron chi connectivity index (χ2n) is 2.99. The van der Waals surface area contributed by atoms with Gasteiger partial charge in [-0.15, -0.1) is 0 Å². The van der Waals surface area contributed by atoms with Crippen molar-refractivity contribution in [3.05, 3.63) is 40.0 Å². The summed E-state index contributed by atoms with van der Waals surface area (Å²) in [6.45, 7) is 0. The maximum atomic E-state index is 11.5. The van der Waals surface area contributed by atoms with E-state index in [0.717, 1.165) is 10.7 Å². The Bertz CT molecular complexity index is 575. The van der Waals surface area contributed by atoms with E-state index in [9.17, 15) is 8.42 Å². The van der Waals surface area contributed by atoms with E-state index in [-0.39, 0.29) is 5.03 Å². The van der Waals surface area contributed by atoms with Gasteiger partial charge in [0, 0.05) is 4.47 Å². The maximum absolute atomic E-state index is 11.5. The molecule has 16 heavy (non-hydrogen) atoms. The lowest BCUT2D eigenvalue weighted by molar-refractivity contribution is 0.549. The minimum atomic E-state index is -3.72. The first-order valence-electron chi connectivity index (χ1n) is 4.22. The summed E-state index contributed by atoms with van der Waals surface area (Å²) in [5.41, 5.74) is 5.25. The Kier molecular flexibility index (Phi) is 2.73. The van der Waals surface area contributed by atoms with Gasteiger partial charge in [0.2, 0.25) is 0 Å². The van der Waals surface area contributed by atoms with Gasteiger partial charge in [-0.3, -0.25) is 0 Å². The number of halogens is 1. The van der Waals surface area contributed by atoms with E-state index in [1.165, 1.54) is 0 Å². The largest absolute Gasteiger partial charge is 0.430 e. The van der Waals surface area contributed by atoms with Crippen molar-refractivity contribution in [2.45, 2.75) is 0 Å². The van der Waals surface area contributed by atoms with Crippen LogP contribution in [-0.2, 0) is 9.84 Å². The number of rotatable bonds is 1. The van der Waals surface area contributed by atoms with Crippen LogP contribution < -0.4 is 10.5 Å². The van der Waals surface area contributed by atoms with Crippen molar-refractivity contribution in [1.29, 1.82) is 0 Å². The van der Waals surface area contributed by atoms with Gasteiger partial charge in [0.25, 0.3) is 9.84 Å². The molecule has 2 N–H and O–H groups in total. The van der Waals surface area contributed by atoms with Crippen LogP contribution in [0.15, 0.2) is 45.0 Å². The zero-order chi connectivity index (χ0) is 11.8. The number of benzene rings is 1. The molecule has 0 radical (unpaired) electrons. The molecule has 0 atom stereocenters. The van der Waals surface area contributed by atoms with Crippen molar-refractivity contribution in [2.24, 2.45) is 10.7 Å². The highest BCUT2D eigenvalue weighted by Crippen LogP contribution is 2.20. The molecule has 2 rings (SSSR count). The standard InChI is InChI=1S/C9H7BrN2O3S/c10-6-1-3-7(4-2-6)15-9-12-5-8(11)16(9,13)14/h1-5H,11H2. The summed E-state index contributed by atoms with van der Waals surface area (Å²) in [6, 6.07) is 6.70. The van der Waals surface area contributed by atoms with E-state index < -0.39 is 15.1 Å². The smallest absolute Gasteiger partial charge is 0.321 e. The van der Waals surface area contributed by atoms with E-state index in [2.05, 4.69) is 20.9 Å². The molecule has 1 aromatic carbocycles. The Morgan fingerprint density at radius 2 is 1.88 bits per heavy atom. The highest BCUT2D eigenvalue weighted by atomic mass is 79.9. The molecule has 0 amide bonds. The lowest BCUT2D eigenvalue weighted by Crippen LogP contribution is -2.22. The fraction of sp³-hybridized carbons (Fsp3) is 0. The van der Waals surface area contributed by atoms with Crippen LogP contribution in [0.25, 0.3) is 0 Å². The average molecular weight is 303 g/mol. The zero-order valence-electron chi connectivity index (χ0n) is 7.92. The molecule has 0 aliphatic carbocycles. The highest BCUT2D eigenvalue weighted by Gasteiger charge is 2.30. The van der Waals surface area contributed by atoms with E-state index in [1.54, 1.807) is 24.3 Å². The van der Waals surface area contributed by atoms with Crippen LogP contribution >= 0.6 is 15.9 Å². The van der Waals surface area contributed by atoms with Gasteiger partial charge in [0.1, 0.15) is 5.75 Å². The normalized spacial score (nSPS) is 17.8. The van der Waals surface area contributed by atoms with Crippen LogP contribution in [0.2, 0.25) is 0 Å². The molecule has 7 heteroatoms. The lowest BCUT2D eigenvalue weighted by Gasteiger charge is -2.04. The first-order valence-corrected chi connectivity index (χ1v) is 6.50. The van der Waals surface area contributed by atoms with Gasteiger partial charge in [-0.25, -0.2) is 13.4 Å². The number of ether oxygens (including phenoxy) is 1. The molecule has 84 valence electrons. The Morgan fingerprint density at radius 3 is 2.38 bits per heavy atom. The molecule has 0 aromatic heterocycles. The van der Waals surface area contributed by atoms with Gasteiger partial charge in [0.15, 0.2) is 5.03 Å². The molecular formula is C9H7BrN2O3S. The average Bonchev–Trinajstić information content (AvgIpc) is 2.48. The topological polar surface area (TPSA) is 81.8 Å². The second kappa shape index (κ2) is 3.91. The molecule has 0 spiro atoms. The molecule has 0 unspecified atom stereocenters. The summed E-state index contributed by atoms with van der Waals surface area (Å²) in [5.74, 6) is 0.383. The van der Waals surface area contributed by atoms with Crippen LogP contribution in [0, 0.1) is 0 Å². The predicted molar refractivity (Wildman–Crippen MR) is 63.4 cm³/mol. The van der Waals surface area contributed by atoms with Crippen LogP contribution in [0.5, 0.6) is 5.75 Å². The quantitative estimate of drug-likeness (QED) is 0.849. The molecular weight excluding hydrogens is 296 g/mol. The Labute approximate surface area is 101 Å². The van der Waals surface area contributed by atoms with E-state index >= 15 is 0 Å². The maximum Gasteiger partial charge on any atom is 0.321 e. The third-order valence-electron chi connectivity index (χ3n) is 1.86. The van der Waals surface area contributed by atoms with Gasteiger partial charge in [-0.2, -0.15) is 0 Å². The molecule has 0 fully saturated rings. The minimum Gasteiger partial charge on any atom is -0.430 e. The predicted octanol–water partition coefficient (Wildman–Crippen LogP) is 1.37. The van der Waals surface area contributed by atoms with Crippen LogP contribution in [-0.4, -0.2) is 13.6 Å². The Hall–Kier alpha value is -1.34. The molecule has 0 saturated heterocycles. The molecule has 1 heterocycles. The van der Waals surface area contributed by atoms with Crippen LogP contribution in [0.1, 0.15) is 0 Å². The summed E-state index contributed by atoms with van der Waals surface area (Å²) in [4.78, 5) is 3.59. The summed E-state index contributed by atoms with van der Waals surface area (Å²) in [7, 11) is -3.72. The van der Waals surface area contributed by atoms with Gasteiger partial charge in [-0.05, 0) is 24.3 Å². The van der Waals surface area contributed by atoms with E-state index in [0.29, 0.717) is 5.75 Å². The summed E-state index contributed by atoms with van der Waals surface area (Å²) in [6.07, 6.45) is 1.06. The summed E-state index contributed by atoms with van der Waals surface area (Å²) >= 11 is 3.26. The van der Waals surface area contributed by atoms with Crippen molar-refractivity contribution in [3.8, 4) is 5.75 Å². The minimum absolute atomic E-state index is 0.306. The Morgan fingerprint density at radius 1 is 1.25 bits per heavy atom. The molecule has 0 bridgehead atoms. The number of nitrogens with zero attached hydrogens (tertiary/aromatic N) is 1. The van der Waals surface area contributed by atoms with E-state index in [4.69, 9.17) is 10.5 Å². The second-order valence-corrected chi connectivity index (χ2v) is 5.73. The fourth-order valence-electron chi connectivity index (χ4n) is 1.04. The number of hydrogen-bond acceptors (Lipinski definition) is 5. The SMILES string of the molecule is NC1=CN=C(Oc2ccc(Br)cc2)S1(=O)=O. The summed E-state index contributed by atoms with van der Waals surface area (Å²) in [5, 5.41) is -0.702. The van der Waals surface area contributed by atoms with Gasteiger partial charge in [0.05, 0.1) is 6.20 Å². The molecule has 0 saturated carbocycles. The first-order chi connectivity index (χ1) is 7.50. The van der Waals surface area contributed by atoms with Crippen molar-refractivity contribution >= 4 is 31.0 Å². The number of sulfone groups is 1. The molecule has 1 aliphatic heterocycles. The number of hydrogen-bond donors (Lipinski definition) is 1. The molecule has 1 aliphatic rings. The zero-order valence-corrected chi connectivity index (χ0v) is 10.3. The van der Waals surface area contributed by atoms with Crippen LogP contribution in [0.3, 0.4) is 0 Å². The van der Waals surface area contributed by atoms with Crippen molar-refractivity contribution < 1.29 is 13.2 Å². The molecule has 5 nitrogen and oxygen atoms in total. The van der Waals surface area contributed by atoms with Gasteiger partial charge in [-0.1, -0.05) is 15.9 Å². The molecule has 1 aromatic rings. The first kappa shape index (κ1) is 11.2. The third-order valence-corrected chi connectivity index (χ3v) is 3.76.